The van der Waals surface area contributed by atoms with Crippen LogP contribution >= 0.6 is 15.9 Å². The zero-order valence-electron chi connectivity index (χ0n) is 11.2. The van der Waals surface area contributed by atoms with E-state index in [0.717, 1.165) is 35.3 Å². The maximum Gasteiger partial charge on any atom is 0.255 e. The van der Waals surface area contributed by atoms with Crippen molar-refractivity contribution >= 4 is 21.8 Å². The molecule has 3 rings (SSSR count). The predicted molar refractivity (Wildman–Crippen MR) is 78.4 cm³/mol. The lowest BCUT2D eigenvalue weighted by atomic mass is 10.1. The molecule has 1 saturated heterocycles. The fourth-order valence-corrected chi connectivity index (χ4v) is 3.09. The number of benzene rings is 1. The van der Waals surface area contributed by atoms with Crippen molar-refractivity contribution < 1.29 is 9.32 Å². The number of halogens is 1. The van der Waals surface area contributed by atoms with Crippen molar-refractivity contribution in [3.63, 3.8) is 0 Å². The van der Waals surface area contributed by atoms with Gasteiger partial charge in [-0.2, -0.15) is 0 Å². The van der Waals surface area contributed by atoms with Crippen molar-refractivity contribution in [1.29, 1.82) is 0 Å². The van der Waals surface area contributed by atoms with Crippen molar-refractivity contribution in [3.05, 3.63) is 51.8 Å². The second-order valence-corrected chi connectivity index (χ2v) is 5.86. The average Bonchev–Trinajstić information content (AvgIpc) is 3.06. The predicted octanol–water partition coefficient (Wildman–Crippen LogP) is 3.72. The molecule has 1 aliphatic rings. The van der Waals surface area contributed by atoms with Gasteiger partial charge in [-0.05, 0) is 47.8 Å². The third-order valence-corrected chi connectivity index (χ3v) is 4.28. The Hall–Kier alpha value is -1.62. The van der Waals surface area contributed by atoms with E-state index in [1.807, 2.05) is 42.2 Å². The Kier molecular flexibility index (Phi) is 3.61. The fraction of sp³-hybridized carbons (Fsp3) is 0.333. The van der Waals surface area contributed by atoms with Gasteiger partial charge in [0.15, 0.2) is 5.76 Å². The van der Waals surface area contributed by atoms with Gasteiger partial charge in [-0.15, -0.1) is 0 Å². The molecular formula is C15H15BrN2O2. The molecule has 0 aliphatic carbocycles. The first kappa shape index (κ1) is 13.4. The molecule has 2 heterocycles. The highest BCUT2D eigenvalue weighted by Gasteiger charge is 2.33. The molecule has 1 amide bonds. The molecule has 4 nitrogen and oxygen atoms in total. The second-order valence-electron chi connectivity index (χ2n) is 5.01. The fourth-order valence-electron chi connectivity index (χ4n) is 2.64. The maximum atomic E-state index is 12.7. The number of rotatable bonds is 2. The Morgan fingerprint density at radius 3 is 2.95 bits per heavy atom. The van der Waals surface area contributed by atoms with E-state index in [1.165, 1.54) is 0 Å². The first-order valence-electron chi connectivity index (χ1n) is 6.65. The number of nitrogens with zero attached hydrogens (tertiary/aromatic N) is 2. The van der Waals surface area contributed by atoms with Crippen LogP contribution in [0.1, 0.15) is 40.7 Å². The Bertz CT molecular complexity index is 638. The lowest BCUT2D eigenvalue weighted by Gasteiger charge is -2.23. The van der Waals surface area contributed by atoms with Gasteiger partial charge in [-0.25, -0.2) is 0 Å². The minimum atomic E-state index is -0.00388. The zero-order valence-corrected chi connectivity index (χ0v) is 12.8. The van der Waals surface area contributed by atoms with E-state index in [-0.39, 0.29) is 11.9 Å². The van der Waals surface area contributed by atoms with Crippen LogP contribution in [0.5, 0.6) is 0 Å². The summed E-state index contributed by atoms with van der Waals surface area (Å²) in [5.74, 6) is 0.814. The lowest BCUT2D eigenvalue weighted by molar-refractivity contribution is 0.0713. The quantitative estimate of drug-likeness (QED) is 0.840. The number of aryl methyl sites for hydroxylation is 1. The molecular weight excluding hydrogens is 320 g/mol. The molecule has 1 unspecified atom stereocenters. The Morgan fingerprint density at radius 2 is 2.25 bits per heavy atom. The summed E-state index contributed by atoms with van der Waals surface area (Å²) in [5, 5.41) is 3.92. The van der Waals surface area contributed by atoms with Crippen LogP contribution in [0.4, 0.5) is 0 Å². The average molecular weight is 335 g/mol. The van der Waals surface area contributed by atoms with Crippen LogP contribution in [-0.2, 0) is 0 Å². The van der Waals surface area contributed by atoms with Gasteiger partial charge in [0, 0.05) is 17.1 Å². The number of likely N-dealkylation sites (tertiary alicyclic amines) is 1. The SMILES string of the molecule is Cc1cc(C2CCCN2C(=O)c2ccccc2Br)on1. The van der Waals surface area contributed by atoms with Gasteiger partial charge in [0.1, 0.15) is 0 Å². The normalized spacial score (nSPS) is 18.5. The monoisotopic (exact) mass is 334 g/mol. The van der Waals surface area contributed by atoms with Crippen LogP contribution in [0.25, 0.3) is 0 Å². The summed E-state index contributed by atoms with van der Waals surface area (Å²) in [6.45, 7) is 2.65. The van der Waals surface area contributed by atoms with Crippen LogP contribution in [0.15, 0.2) is 39.3 Å². The third kappa shape index (κ3) is 2.38. The largest absolute Gasteiger partial charge is 0.359 e. The number of hydrogen-bond acceptors (Lipinski definition) is 3. The number of hydrogen-bond donors (Lipinski definition) is 0. The summed E-state index contributed by atoms with van der Waals surface area (Å²) in [6.07, 6.45) is 1.91. The van der Waals surface area contributed by atoms with E-state index in [2.05, 4.69) is 21.1 Å². The molecule has 0 bridgehead atoms. The molecule has 2 aromatic rings. The van der Waals surface area contributed by atoms with E-state index in [9.17, 15) is 4.79 Å². The first-order valence-corrected chi connectivity index (χ1v) is 7.45. The molecule has 0 spiro atoms. The first-order chi connectivity index (χ1) is 9.66. The Labute approximate surface area is 125 Å². The van der Waals surface area contributed by atoms with E-state index in [1.54, 1.807) is 0 Å². The van der Waals surface area contributed by atoms with Crippen LogP contribution in [0, 0.1) is 6.92 Å². The molecule has 1 aromatic carbocycles. The van der Waals surface area contributed by atoms with E-state index >= 15 is 0 Å². The van der Waals surface area contributed by atoms with Gasteiger partial charge in [-0.1, -0.05) is 17.3 Å². The molecule has 1 aliphatic heterocycles. The minimum Gasteiger partial charge on any atom is -0.359 e. The van der Waals surface area contributed by atoms with Gasteiger partial charge < -0.3 is 9.42 Å². The smallest absolute Gasteiger partial charge is 0.255 e. The molecule has 1 atom stereocenters. The summed E-state index contributed by atoms with van der Waals surface area (Å²) in [7, 11) is 0. The van der Waals surface area contributed by atoms with Gasteiger partial charge in [-0.3, -0.25) is 4.79 Å². The van der Waals surface area contributed by atoms with Gasteiger partial charge >= 0.3 is 0 Å². The second kappa shape index (κ2) is 5.40. The van der Waals surface area contributed by atoms with E-state index in [4.69, 9.17) is 4.52 Å². The standard InChI is InChI=1S/C15H15BrN2O2/c1-10-9-14(20-17-10)13-7-4-8-18(13)15(19)11-5-2-3-6-12(11)16/h2-3,5-6,9,13H,4,7-8H2,1H3. The highest BCUT2D eigenvalue weighted by molar-refractivity contribution is 9.10. The number of amides is 1. The Balaban J connectivity index is 1.89. The summed E-state index contributed by atoms with van der Waals surface area (Å²) >= 11 is 3.44. The number of carbonyl (C=O) groups excluding carboxylic acids is 1. The third-order valence-electron chi connectivity index (χ3n) is 3.59. The van der Waals surface area contributed by atoms with Crippen LogP contribution < -0.4 is 0 Å². The van der Waals surface area contributed by atoms with Crippen molar-refractivity contribution in [3.8, 4) is 0 Å². The van der Waals surface area contributed by atoms with E-state index < -0.39 is 0 Å². The summed E-state index contributed by atoms with van der Waals surface area (Å²) < 4.78 is 6.16. The molecule has 20 heavy (non-hydrogen) atoms. The summed E-state index contributed by atoms with van der Waals surface area (Å²) in [4.78, 5) is 14.6. The van der Waals surface area contributed by atoms with E-state index in [0.29, 0.717) is 5.56 Å². The molecule has 0 N–H and O–H groups in total. The van der Waals surface area contributed by atoms with Crippen LogP contribution in [0.2, 0.25) is 0 Å². The molecule has 0 saturated carbocycles. The molecule has 1 fully saturated rings. The van der Waals surface area contributed by atoms with Crippen molar-refractivity contribution in [1.82, 2.24) is 10.1 Å². The molecule has 1 aromatic heterocycles. The molecule has 0 radical (unpaired) electrons. The summed E-state index contributed by atoms with van der Waals surface area (Å²) in [5.41, 5.74) is 1.54. The minimum absolute atomic E-state index is 0.00388. The van der Waals surface area contributed by atoms with Gasteiger partial charge in [0.25, 0.3) is 5.91 Å². The maximum absolute atomic E-state index is 12.7. The van der Waals surface area contributed by atoms with Crippen LogP contribution in [0.3, 0.4) is 0 Å². The van der Waals surface area contributed by atoms with Crippen LogP contribution in [-0.4, -0.2) is 22.5 Å². The highest BCUT2D eigenvalue weighted by atomic mass is 79.9. The topological polar surface area (TPSA) is 46.3 Å². The highest BCUT2D eigenvalue weighted by Crippen LogP contribution is 2.34. The number of aromatic nitrogens is 1. The molecule has 5 heteroatoms. The van der Waals surface area contributed by atoms with Crippen molar-refractivity contribution in [2.24, 2.45) is 0 Å². The van der Waals surface area contributed by atoms with Crippen molar-refractivity contribution in [2.75, 3.05) is 6.54 Å². The zero-order chi connectivity index (χ0) is 14.1. The lowest BCUT2D eigenvalue weighted by Crippen LogP contribution is -2.30. The van der Waals surface area contributed by atoms with Gasteiger partial charge in [0.2, 0.25) is 0 Å². The summed E-state index contributed by atoms with van der Waals surface area (Å²) in [6, 6.07) is 9.42. The van der Waals surface area contributed by atoms with Crippen molar-refractivity contribution in [2.45, 2.75) is 25.8 Å². The number of carbonyl (C=O) groups is 1. The molecule has 104 valence electrons. The Morgan fingerprint density at radius 1 is 1.45 bits per heavy atom. The van der Waals surface area contributed by atoms with Gasteiger partial charge in [0.05, 0.1) is 17.3 Å².